The van der Waals surface area contributed by atoms with Crippen LogP contribution in [0.4, 0.5) is 4.39 Å². The fourth-order valence-corrected chi connectivity index (χ4v) is 4.35. The summed E-state index contributed by atoms with van der Waals surface area (Å²) in [6.07, 6.45) is 0. The van der Waals surface area contributed by atoms with Gasteiger partial charge >= 0.3 is 0 Å². The van der Waals surface area contributed by atoms with Crippen molar-refractivity contribution in [2.45, 2.75) is 38.9 Å². The predicted molar refractivity (Wildman–Crippen MR) is 113 cm³/mol. The largest absolute Gasteiger partial charge is 0.322 e. The summed E-state index contributed by atoms with van der Waals surface area (Å²) in [6, 6.07) is 17.5. The molecule has 0 unspecified atom stereocenters. The second kappa shape index (κ2) is 8.62. The highest BCUT2D eigenvalue weighted by Crippen LogP contribution is 2.22. The van der Waals surface area contributed by atoms with E-state index < -0.39 is 0 Å². The summed E-state index contributed by atoms with van der Waals surface area (Å²) in [5.41, 5.74) is 2.21. The van der Waals surface area contributed by atoms with Crippen molar-refractivity contribution >= 4 is 0 Å². The molecule has 0 saturated carbocycles. The zero-order chi connectivity index (χ0) is 21.1. The molecule has 2 heterocycles. The van der Waals surface area contributed by atoms with Gasteiger partial charge in [0.2, 0.25) is 5.82 Å². The lowest BCUT2D eigenvalue weighted by molar-refractivity contribution is -1.03. The molecule has 0 bridgehead atoms. The topological polar surface area (TPSA) is 52.5 Å². The van der Waals surface area contributed by atoms with Gasteiger partial charge in [0.05, 0.1) is 5.54 Å². The molecule has 2 N–H and O–H groups in total. The first kappa shape index (κ1) is 20.6. The summed E-state index contributed by atoms with van der Waals surface area (Å²) in [4.78, 5) is 3.02. The van der Waals surface area contributed by atoms with Crippen LogP contribution in [-0.4, -0.2) is 46.4 Å². The predicted octanol–water partition coefficient (Wildman–Crippen LogP) is 0.640. The minimum absolute atomic E-state index is 0.0156. The van der Waals surface area contributed by atoms with Crippen molar-refractivity contribution in [1.29, 1.82) is 0 Å². The molecule has 158 valence electrons. The Kier molecular flexibility index (Phi) is 5.92. The first-order chi connectivity index (χ1) is 14.4. The van der Waals surface area contributed by atoms with Crippen LogP contribution in [0.1, 0.15) is 43.8 Å². The minimum atomic E-state index is -0.225. The molecular formula is C23H31FN6+2. The third-order valence-electron chi connectivity index (χ3n) is 5.90. The second-order valence-corrected chi connectivity index (χ2v) is 9.17. The number of hydrogen-bond acceptors (Lipinski definition) is 3. The molecule has 1 aromatic heterocycles. The summed E-state index contributed by atoms with van der Waals surface area (Å²) in [5.74, 6) is 0.621. The molecule has 1 aliphatic heterocycles. The van der Waals surface area contributed by atoms with Crippen molar-refractivity contribution in [3.8, 4) is 0 Å². The van der Waals surface area contributed by atoms with Crippen LogP contribution >= 0.6 is 0 Å². The van der Waals surface area contributed by atoms with Crippen molar-refractivity contribution in [2.24, 2.45) is 0 Å². The maximum absolute atomic E-state index is 13.6. The van der Waals surface area contributed by atoms with Crippen LogP contribution in [0.15, 0.2) is 54.6 Å². The summed E-state index contributed by atoms with van der Waals surface area (Å²) >= 11 is 0. The van der Waals surface area contributed by atoms with Gasteiger partial charge in [0, 0.05) is 11.1 Å². The standard InChI is InChI=1S/C23H29FN6/c1-23(2,3)30-22(25-26-27-30)21(19-9-11-20(24)12-10-19)29-15-13-28(14-16-29)17-18-7-5-4-6-8-18/h4-12,21H,13-17H2,1-3H3/p+2/t21-/m1/s1. The van der Waals surface area contributed by atoms with Gasteiger partial charge in [0.25, 0.3) is 0 Å². The fraction of sp³-hybridized carbons (Fsp3) is 0.435. The molecule has 0 aliphatic carbocycles. The Morgan fingerprint density at radius 1 is 0.967 bits per heavy atom. The molecule has 0 spiro atoms. The zero-order valence-corrected chi connectivity index (χ0v) is 18.0. The molecule has 3 aromatic rings. The Morgan fingerprint density at radius 2 is 1.63 bits per heavy atom. The number of quaternary nitrogens is 2. The fourth-order valence-electron chi connectivity index (χ4n) is 4.35. The number of benzene rings is 2. The Labute approximate surface area is 177 Å². The lowest BCUT2D eigenvalue weighted by Crippen LogP contribution is -3.27. The van der Waals surface area contributed by atoms with Crippen LogP contribution in [0, 0.1) is 5.82 Å². The second-order valence-electron chi connectivity index (χ2n) is 9.17. The minimum Gasteiger partial charge on any atom is -0.322 e. The summed E-state index contributed by atoms with van der Waals surface area (Å²) < 4.78 is 15.5. The van der Waals surface area contributed by atoms with Gasteiger partial charge in [-0.15, -0.1) is 5.10 Å². The number of nitrogens with one attached hydrogen (secondary N) is 2. The van der Waals surface area contributed by atoms with E-state index in [-0.39, 0.29) is 17.4 Å². The summed E-state index contributed by atoms with van der Waals surface area (Å²) in [5, 5.41) is 12.7. The molecule has 1 atom stereocenters. The molecule has 1 aliphatic rings. The molecule has 7 heteroatoms. The van der Waals surface area contributed by atoms with Crippen LogP contribution in [0.2, 0.25) is 0 Å². The van der Waals surface area contributed by atoms with Gasteiger partial charge in [-0.25, -0.2) is 9.07 Å². The number of rotatable bonds is 5. The van der Waals surface area contributed by atoms with Gasteiger partial charge in [0.15, 0.2) is 6.04 Å². The van der Waals surface area contributed by atoms with Crippen LogP contribution in [0.5, 0.6) is 0 Å². The number of nitrogens with zero attached hydrogens (tertiary/aromatic N) is 4. The van der Waals surface area contributed by atoms with Crippen molar-refractivity contribution in [2.75, 3.05) is 26.2 Å². The Hall–Kier alpha value is -2.64. The third kappa shape index (κ3) is 4.57. The quantitative estimate of drug-likeness (QED) is 0.649. The monoisotopic (exact) mass is 410 g/mol. The maximum atomic E-state index is 13.6. The van der Waals surface area contributed by atoms with E-state index in [1.54, 1.807) is 4.90 Å². The van der Waals surface area contributed by atoms with E-state index >= 15 is 0 Å². The van der Waals surface area contributed by atoms with Gasteiger partial charge in [-0.2, -0.15) is 0 Å². The smallest absolute Gasteiger partial charge is 0.214 e. The van der Waals surface area contributed by atoms with Gasteiger partial charge in [-0.05, 0) is 55.5 Å². The Balaban J connectivity index is 1.57. The highest BCUT2D eigenvalue weighted by Gasteiger charge is 2.37. The number of aromatic nitrogens is 4. The SMILES string of the molecule is CC(C)(C)n1nnnc1[C@@H](c1ccc(F)cc1)[NH+]1CC[NH+](Cc2ccccc2)CC1. The van der Waals surface area contributed by atoms with E-state index in [0.717, 1.165) is 44.1 Å². The molecule has 1 fully saturated rings. The molecule has 4 rings (SSSR count). The molecule has 0 radical (unpaired) electrons. The molecule has 0 amide bonds. The van der Waals surface area contributed by atoms with Crippen molar-refractivity contribution in [3.63, 3.8) is 0 Å². The highest BCUT2D eigenvalue weighted by molar-refractivity contribution is 5.23. The Morgan fingerprint density at radius 3 is 2.27 bits per heavy atom. The third-order valence-corrected chi connectivity index (χ3v) is 5.90. The van der Waals surface area contributed by atoms with Crippen molar-refractivity contribution in [1.82, 2.24) is 20.2 Å². The van der Waals surface area contributed by atoms with Gasteiger partial charge < -0.3 is 9.80 Å². The maximum Gasteiger partial charge on any atom is 0.214 e. The van der Waals surface area contributed by atoms with Gasteiger partial charge in [0.1, 0.15) is 38.5 Å². The van der Waals surface area contributed by atoms with Gasteiger partial charge in [-0.3, -0.25) is 0 Å². The first-order valence-electron chi connectivity index (χ1n) is 10.7. The van der Waals surface area contributed by atoms with Crippen LogP contribution in [-0.2, 0) is 12.1 Å². The molecule has 30 heavy (non-hydrogen) atoms. The summed E-state index contributed by atoms with van der Waals surface area (Å²) in [6.45, 7) is 11.6. The average Bonchev–Trinajstić information content (AvgIpc) is 3.22. The highest BCUT2D eigenvalue weighted by atomic mass is 19.1. The van der Waals surface area contributed by atoms with E-state index in [1.165, 1.54) is 22.6 Å². The summed E-state index contributed by atoms with van der Waals surface area (Å²) in [7, 11) is 0. The normalized spacial score (nSPS) is 20.8. The first-order valence-corrected chi connectivity index (χ1v) is 10.7. The van der Waals surface area contributed by atoms with Crippen molar-refractivity contribution < 1.29 is 14.2 Å². The lowest BCUT2D eigenvalue weighted by Gasteiger charge is -2.35. The van der Waals surface area contributed by atoms with Crippen LogP contribution in [0.25, 0.3) is 0 Å². The van der Waals surface area contributed by atoms with E-state index in [1.807, 2.05) is 16.8 Å². The van der Waals surface area contributed by atoms with E-state index in [4.69, 9.17) is 0 Å². The van der Waals surface area contributed by atoms with Crippen LogP contribution in [0.3, 0.4) is 0 Å². The number of halogens is 1. The van der Waals surface area contributed by atoms with Gasteiger partial charge in [-0.1, -0.05) is 30.3 Å². The van der Waals surface area contributed by atoms with E-state index in [2.05, 4.69) is 66.6 Å². The van der Waals surface area contributed by atoms with Crippen molar-refractivity contribution in [3.05, 3.63) is 77.4 Å². The number of hydrogen-bond donors (Lipinski definition) is 2. The molecule has 1 saturated heterocycles. The molecule has 2 aromatic carbocycles. The lowest BCUT2D eigenvalue weighted by atomic mass is 10.0. The molecule has 6 nitrogen and oxygen atoms in total. The van der Waals surface area contributed by atoms with Crippen LogP contribution < -0.4 is 9.80 Å². The number of tetrazole rings is 1. The molecular weight excluding hydrogens is 379 g/mol. The van der Waals surface area contributed by atoms with E-state index in [0.29, 0.717) is 0 Å². The zero-order valence-electron chi connectivity index (χ0n) is 18.0. The Bertz CT molecular complexity index is 940. The van der Waals surface area contributed by atoms with E-state index in [9.17, 15) is 4.39 Å². The average molecular weight is 411 g/mol. The number of piperazine rings is 1.